The number of hydrogen-bond acceptors (Lipinski definition) is 2. The fourth-order valence-electron chi connectivity index (χ4n) is 7.69. The van der Waals surface area contributed by atoms with Crippen LogP contribution in [-0.4, -0.2) is 0 Å². The molecule has 0 unspecified atom stereocenters. The molecule has 0 N–H and O–H groups in total. The first-order valence-electron chi connectivity index (χ1n) is 17.8. The van der Waals surface area contributed by atoms with Crippen molar-refractivity contribution >= 4 is 60.5 Å². The SMILES string of the molecule is c1ccc(-c2cccc3ccc(-c4ccc(N(c5ccc(-c6cccc7ccccc67)cc5)c5ccc6c(c5)oc5ccccc56)cc4)cc23)cc1. The van der Waals surface area contributed by atoms with Crippen LogP contribution in [0.4, 0.5) is 17.1 Å². The van der Waals surface area contributed by atoms with Crippen molar-refractivity contribution in [3.05, 3.63) is 200 Å². The molecule has 2 heteroatoms. The Labute approximate surface area is 302 Å². The van der Waals surface area contributed by atoms with Gasteiger partial charge in [-0.05, 0) is 103 Å². The van der Waals surface area contributed by atoms with E-state index in [4.69, 9.17) is 4.42 Å². The molecule has 0 atom stereocenters. The number of nitrogens with zero attached hydrogens (tertiary/aromatic N) is 1. The van der Waals surface area contributed by atoms with Gasteiger partial charge in [0, 0.05) is 33.9 Å². The summed E-state index contributed by atoms with van der Waals surface area (Å²) < 4.78 is 6.36. The molecule has 0 aliphatic heterocycles. The van der Waals surface area contributed by atoms with Gasteiger partial charge in [0.2, 0.25) is 0 Å². The molecule has 0 bridgehead atoms. The average Bonchev–Trinajstić information content (AvgIpc) is 3.59. The second kappa shape index (κ2) is 12.5. The van der Waals surface area contributed by atoms with Crippen LogP contribution < -0.4 is 4.90 Å². The van der Waals surface area contributed by atoms with Crippen LogP contribution in [0.25, 0.3) is 76.9 Å². The highest BCUT2D eigenvalue weighted by Gasteiger charge is 2.17. The lowest BCUT2D eigenvalue weighted by molar-refractivity contribution is 0.669. The summed E-state index contributed by atoms with van der Waals surface area (Å²) in [6.07, 6.45) is 0. The lowest BCUT2D eigenvalue weighted by Crippen LogP contribution is -2.09. The van der Waals surface area contributed by atoms with Crippen molar-refractivity contribution in [2.45, 2.75) is 0 Å². The highest BCUT2D eigenvalue weighted by molar-refractivity contribution is 6.06. The minimum atomic E-state index is 0.873. The summed E-state index contributed by atoms with van der Waals surface area (Å²) in [5, 5.41) is 7.23. The van der Waals surface area contributed by atoms with Crippen molar-refractivity contribution in [3.63, 3.8) is 0 Å². The fourth-order valence-corrected chi connectivity index (χ4v) is 7.69. The van der Waals surface area contributed by atoms with Crippen LogP contribution in [0, 0.1) is 0 Å². The minimum Gasteiger partial charge on any atom is -0.456 e. The minimum absolute atomic E-state index is 0.873. The predicted molar refractivity (Wildman–Crippen MR) is 220 cm³/mol. The number of rotatable bonds is 6. The van der Waals surface area contributed by atoms with Crippen molar-refractivity contribution in [1.29, 1.82) is 0 Å². The Hall–Kier alpha value is -6.90. The molecule has 0 spiro atoms. The van der Waals surface area contributed by atoms with Gasteiger partial charge in [0.05, 0.1) is 0 Å². The van der Waals surface area contributed by atoms with E-state index in [9.17, 15) is 0 Å². The van der Waals surface area contributed by atoms with Gasteiger partial charge in [-0.15, -0.1) is 0 Å². The first-order valence-corrected chi connectivity index (χ1v) is 17.8. The van der Waals surface area contributed by atoms with Crippen molar-refractivity contribution < 1.29 is 4.42 Å². The molecule has 0 fully saturated rings. The molecule has 0 saturated heterocycles. The largest absolute Gasteiger partial charge is 0.456 e. The van der Waals surface area contributed by atoms with Gasteiger partial charge < -0.3 is 9.32 Å². The molecule has 10 aromatic rings. The monoisotopic (exact) mass is 663 g/mol. The molecule has 9 aromatic carbocycles. The first-order chi connectivity index (χ1) is 25.8. The maximum atomic E-state index is 6.36. The number of hydrogen-bond donors (Lipinski definition) is 0. The third-order valence-corrected chi connectivity index (χ3v) is 10.3. The summed E-state index contributed by atoms with van der Waals surface area (Å²) in [6, 6.07) is 71.7. The van der Waals surface area contributed by atoms with Crippen LogP contribution in [-0.2, 0) is 0 Å². The van der Waals surface area contributed by atoms with Gasteiger partial charge in [0.1, 0.15) is 11.2 Å². The molecular weight excluding hydrogens is 631 g/mol. The summed E-state index contributed by atoms with van der Waals surface area (Å²) in [7, 11) is 0. The third-order valence-electron chi connectivity index (χ3n) is 10.3. The van der Waals surface area contributed by atoms with E-state index in [-0.39, 0.29) is 0 Å². The molecular formula is C50H33NO. The van der Waals surface area contributed by atoms with Crippen molar-refractivity contribution in [2.24, 2.45) is 0 Å². The Bertz CT molecular complexity index is 2880. The highest BCUT2D eigenvalue weighted by atomic mass is 16.3. The topological polar surface area (TPSA) is 16.4 Å². The van der Waals surface area contributed by atoms with Crippen LogP contribution in [0.15, 0.2) is 205 Å². The molecule has 0 radical (unpaired) electrons. The van der Waals surface area contributed by atoms with E-state index in [1.54, 1.807) is 0 Å². The predicted octanol–water partition coefficient (Wildman–Crippen LogP) is 14.4. The van der Waals surface area contributed by atoms with E-state index in [0.717, 1.165) is 39.0 Å². The molecule has 244 valence electrons. The Morgan fingerprint density at radius 2 is 0.827 bits per heavy atom. The summed E-state index contributed by atoms with van der Waals surface area (Å²) in [6.45, 7) is 0. The van der Waals surface area contributed by atoms with Crippen LogP contribution >= 0.6 is 0 Å². The summed E-state index contributed by atoms with van der Waals surface area (Å²) in [4.78, 5) is 2.32. The molecule has 0 saturated carbocycles. The lowest BCUT2D eigenvalue weighted by Gasteiger charge is -2.26. The van der Waals surface area contributed by atoms with Crippen LogP contribution in [0.2, 0.25) is 0 Å². The lowest BCUT2D eigenvalue weighted by atomic mass is 9.95. The van der Waals surface area contributed by atoms with Gasteiger partial charge in [0.25, 0.3) is 0 Å². The zero-order valence-electron chi connectivity index (χ0n) is 28.4. The van der Waals surface area contributed by atoms with E-state index in [0.29, 0.717) is 0 Å². The second-order valence-electron chi connectivity index (χ2n) is 13.3. The molecule has 2 nitrogen and oxygen atoms in total. The Morgan fingerprint density at radius 3 is 1.60 bits per heavy atom. The number of benzene rings is 9. The Balaban J connectivity index is 1.07. The zero-order valence-corrected chi connectivity index (χ0v) is 28.4. The van der Waals surface area contributed by atoms with E-state index >= 15 is 0 Å². The molecule has 0 aliphatic carbocycles. The molecule has 52 heavy (non-hydrogen) atoms. The summed E-state index contributed by atoms with van der Waals surface area (Å²) >= 11 is 0. The molecule has 10 rings (SSSR count). The van der Waals surface area contributed by atoms with Crippen LogP contribution in [0.3, 0.4) is 0 Å². The smallest absolute Gasteiger partial charge is 0.137 e. The van der Waals surface area contributed by atoms with Gasteiger partial charge in [-0.25, -0.2) is 0 Å². The van der Waals surface area contributed by atoms with E-state index in [1.165, 1.54) is 54.9 Å². The van der Waals surface area contributed by atoms with Crippen LogP contribution in [0.1, 0.15) is 0 Å². The Morgan fingerprint density at radius 1 is 0.288 bits per heavy atom. The van der Waals surface area contributed by atoms with E-state index < -0.39 is 0 Å². The van der Waals surface area contributed by atoms with Crippen molar-refractivity contribution in [3.8, 4) is 33.4 Å². The van der Waals surface area contributed by atoms with Gasteiger partial charge >= 0.3 is 0 Å². The highest BCUT2D eigenvalue weighted by Crippen LogP contribution is 2.41. The van der Waals surface area contributed by atoms with Crippen molar-refractivity contribution in [2.75, 3.05) is 4.90 Å². The van der Waals surface area contributed by atoms with Crippen LogP contribution in [0.5, 0.6) is 0 Å². The van der Waals surface area contributed by atoms with E-state index in [2.05, 4.69) is 193 Å². The maximum Gasteiger partial charge on any atom is 0.137 e. The molecule has 1 aromatic heterocycles. The van der Waals surface area contributed by atoms with Gasteiger partial charge in [-0.1, -0.05) is 146 Å². The number of anilines is 3. The maximum absolute atomic E-state index is 6.36. The first kappa shape index (κ1) is 30.0. The number of para-hydroxylation sites is 1. The second-order valence-corrected chi connectivity index (χ2v) is 13.3. The van der Waals surface area contributed by atoms with Gasteiger partial charge in [-0.2, -0.15) is 0 Å². The summed E-state index contributed by atoms with van der Waals surface area (Å²) in [5.74, 6) is 0. The molecule has 1 heterocycles. The third kappa shape index (κ3) is 5.21. The van der Waals surface area contributed by atoms with Crippen molar-refractivity contribution in [1.82, 2.24) is 0 Å². The average molecular weight is 664 g/mol. The zero-order chi connectivity index (χ0) is 34.4. The standard InChI is InChI=1S/C50H33NO/c1-2-10-35(11-3-1)45-18-9-14-37-20-21-39(32-48(37)45)34-22-26-40(27-23-34)51(42-30-31-47-46-16-6-7-19-49(46)52-50(47)33-42)41-28-24-38(25-29-41)44-17-8-13-36-12-4-5-15-43(36)44/h1-33H. The summed E-state index contributed by atoms with van der Waals surface area (Å²) in [5.41, 5.74) is 12.2. The molecule has 0 amide bonds. The quantitative estimate of drug-likeness (QED) is 0.176. The number of furan rings is 1. The normalized spacial score (nSPS) is 11.5. The fraction of sp³-hybridized carbons (Fsp3) is 0. The molecule has 0 aliphatic rings. The van der Waals surface area contributed by atoms with Gasteiger partial charge in [-0.3, -0.25) is 0 Å². The van der Waals surface area contributed by atoms with Gasteiger partial charge in [0.15, 0.2) is 0 Å². The van der Waals surface area contributed by atoms with E-state index in [1.807, 2.05) is 12.1 Å². The number of fused-ring (bicyclic) bond motifs is 5. The Kier molecular flexibility index (Phi) is 7.18.